The topological polar surface area (TPSA) is 102 Å². The highest BCUT2D eigenvalue weighted by Gasteiger charge is 2.30. The lowest BCUT2D eigenvalue weighted by atomic mass is 9.91. The molecule has 9 heteroatoms. The quantitative estimate of drug-likeness (QED) is 0.632. The Hall–Kier alpha value is -2.97. The number of amides is 2. The van der Waals surface area contributed by atoms with Gasteiger partial charge in [0.25, 0.3) is 0 Å². The molecule has 0 radical (unpaired) electrons. The molecule has 31 heavy (non-hydrogen) atoms. The SMILES string of the molecule is Cl.Cn1cc(-c2cnc(N(C(=O)NCc3ccccc3)[C@H]3CC[C@H](N)CC3)nc2)cn1. The number of nitrogens with two attached hydrogens (primary N) is 1. The van der Waals surface area contributed by atoms with Crippen molar-refractivity contribution in [3.8, 4) is 11.1 Å². The summed E-state index contributed by atoms with van der Waals surface area (Å²) in [5.74, 6) is 0.411. The zero-order valence-electron chi connectivity index (χ0n) is 17.5. The van der Waals surface area contributed by atoms with Crippen molar-refractivity contribution in [3.05, 3.63) is 60.7 Å². The summed E-state index contributed by atoms with van der Waals surface area (Å²) in [5, 5.41) is 7.21. The fourth-order valence-corrected chi connectivity index (χ4v) is 3.80. The van der Waals surface area contributed by atoms with Gasteiger partial charge in [0.2, 0.25) is 5.95 Å². The van der Waals surface area contributed by atoms with Gasteiger partial charge in [0, 0.05) is 55.4 Å². The Balaban J connectivity index is 0.00000272. The van der Waals surface area contributed by atoms with Crippen molar-refractivity contribution in [2.24, 2.45) is 12.8 Å². The lowest BCUT2D eigenvalue weighted by Gasteiger charge is -2.34. The van der Waals surface area contributed by atoms with Crippen LogP contribution in [0.25, 0.3) is 11.1 Å². The van der Waals surface area contributed by atoms with Gasteiger partial charge in [0.1, 0.15) is 0 Å². The average molecular weight is 442 g/mol. The number of aryl methyl sites for hydroxylation is 1. The minimum atomic E-state index is -0.187. The molecule has 2 amide bonds. The van der Waals surface area contributed by atoms with Gasteiger partial charge in [0.05, 0.1) is 6.20 Å². The molecule has 1 aromatic carbocycles. The zero-order chi connectivity index (χ0) is 20.9. The van der Waals surface area contributed by atoms with Crippen molar-refractivity contribution in [3.63, 3.8) is 0 Å². The molecule has 4 rings (SSSR count). The van der Waals surface area contributed by atoms with Crippen molar-refractivity contribution < 1.29 is 4.79 Å². The van der Waals surface area contributed by atoms with Crippen molar-refractivity contribution in [2.75, 3.05) is 4.90 Å². The predicted molar refractivity (Wildman–Crippen MR) is 123 cm³/mol. The zero-order valence-corrected chi connectivity index (χ0v) is 18.3. The van der Waals surface area contributed by atoms with E-state index in [4.69, 9.17) is 5.73 Å². The summed E-state index contributed by atoms with van der Waals surface area (Å²) in [6.45, 7) is 0.455. The maximum Gasteiger partial charge on any atom is 0.324 e. The highest BCUT2D eigenvalue weighted by atomic mass is 35.5. The molecule has 3 aromatic rings. The molecule has 2 aromatic heterocycles. The summed E-state index contributed by atoms with van der Waals surface area (Å²) in [7, 11) is 1.87. The second kappa shape index (κ2) is 10.4. The minimum Gasteiger partial charge on any atom is -0.334 e. The van der Waals surface area contributed by atoms with Gasteiger partial charge in [-0.2, -0.15) is 5.10 Å². The van der Waals surface area contributed by atoms with E-state index in [0.29, 0.717) is 12.5 Å². The van der Waals surface area contributed by atoms with Crippen molar-refractivity contribution in [1.82, 2.24) is 25.1 Å². The van der Waals surface area contributed by atoms with Crippen molar-refractivity contribution in [1.29, 1.82) is 0 Å². The van der Waals surface area contributed by atoms with Crippen LogP contribution in [0, 0.1) is 0 Å². The van der Waals surface area contributed by atoms with Crippen molar-refractivity contribution >= 4 is 24.4 Å². The second-order valence-electron chi connectivity index (χ2n) is 7.76. The van der Waals surface area contributed by atoms with Crippen molar-refractivity contribution in [2.45, 2.75) is 44.3 Å². The molecule has 0 spiro atoms. The van der Waals surface area contributed by atoms with Crippen LogP contribution in [0.1, 0.15) is 31.2 Å². The number of halogens is 1. The summed E-state index contributed by atoms with van der Waals surface area (Å²) in [6.07, 6.45) is 10.6. The molecule has 0 unspecified atom stereocenters. The number of aromatic nitrogens is 4. The molecule has 3 N–H and O–H groups in total. The molecule has 0 atom stereocenters. The third-order valence-corrected chi connectivity index (χ3v) is 5.50. The number of benzene rings is 1. The summed E-state index contributed by atoms with van der Waals surface area (Å²) in [6, 6.07) is 9.90. The van der Waals surface area contributed by atoms with E-state index < -0.39 is 0 Å². The van der Waals surface area contributed by atoms with Gasteiger partial charge in [-0.3, -0.25) is 9.58 Å². The Bertz CT molecular complexity index is 969. The lowest BCUT2D eigenvalue weighted by molar-refractivity contribution is 0.239. The standard InChI is InChI=1S/C22H27N7O.ClH/c1-28-15-18(14-27-28)17-12-24-21(25-13-17)29(20-9-7-19(23)8-10-20)22(30)26-11-16-5-3-2-4-6-16;/h2-6,12-15,19-20H,7-11,23H2,1H3,(H,26,30);1H/t19-,20-;. The highest BCUT2D eigenvalue weighted by molar-refractivity contribution is 5.90. The Morgan fingerprint density at radius 1 is 1.10 bits per heavy atom. The third kappa shape index (κ3) is 5.59. The van der Waals surface area contributed by atoms with Gasteiger partial charge in [-0.05, 0) is 31.2 Å². The molecule has 0 bridgehead atoms. The molecule has 1 fully saturated rings. The number of urea groups is 1. The second-order valence-corrected chi connectivity index (χ2v) is 7.76. The van der Waals surface area contributed by atoms with Gasteiger partial charge in [0.15, 0.2) is 0 Å². The fourth-order valence-electron chi connectivity index (χ4n) is 3.80. The fraction of sp³-hybridized carbons (Fsp3) is 0.364. The maximum absolute atomic E-state index is 13.1. The van der Waals surface area contributed by atoms with Crippen LogP contribution >= 0.6 is 12.4 Å². The third-order valence-electron chi connectivity index (χ3n) is 5.50. The molecule has 1 saturated carbocycles. The summed E-state index contributed by atoms with van der Waals surface area (Å²) in [5.41, 5.74) is 8.92. The van der Waals surface area contributed by atoms with Crippen LogP contribution < -0.4 is 16.0 Å². The normalized spacial score (nSPS) is 18.1. The molecule has 8 nitrogen and oxygen atoms in total. The molecule has 0 saturated heterocycles. The molecule has 2 heterocycles. The van der Waals surface area contributed by atoms with Crippen LogP contribution in [0.3, 0.4) is 0 Å². The molecule has 0 aliphatic heterocycles. The number of hydrogen-bond acceptors (Lipinski definition) is 5. The highest BCUT2D eigenvalue weighted by Crippen LogP contribution is 2.26. The van der Waals surface area contributed by atoms with Gasteiger partial charge in [-0.25, -0.2) is 14.8 Å². The van der Waals surface area contributed by atoms with Crippen LogP contribution in [0.2, 0.25) is 0 Å². The van der Waals surface area contributed by atoms with E-state index >= 15 is 0 Å². The van der Waals surface area contributed by atoms with E-state index in [0.717, 1.165) is 42.4 Å². The van der Waals surface area contributed by atoms with Gasteiger partial charge >= 0.3 is 6.03 Å². The van der Waals surface area contributed by atoms with E-state index in [1.165, 1.54) is 0 Å². The van der Waals surface area contributed by atoms with Crippen LogP contribution in [0.5, 0.6) is 0 Å². The maximum atomic E-state index is 13.1. The Morgan fingerprint density at radius 2 is 1.77 bits per heavy atom. The van der Waals surface area contributed by atoms with E-state index in [1.807, 2.05) is 43.6 Å². The first kappa shape index (κ1) is 22.7. The molecule has 1 aliphatic rings. The number of nitrogens with one attached hydrogen (secondary N) is 1. The van der Waals surface area contributed by atoms with E-state index in [1.54, 1.807) is 28.2 Å². The first-order chi connectivity index (χ1) is 14.6. The first-order valence-electron chi connectivity index (χ1n) is 10.3. The number of carbonyl (C=O) groups excluding carboxylic acids is 1. The number of rotatable bonds is 5. The summed E-state index contributed by atoms with van der Waals surface area (Å²) < 4.78 is 1.73. The molecular weight excluding hydrogens is 414 g/mol. The van der Waals surface area contributed by atoms with Crippen LogP contribution in [-0.4, -0.2) is 37.9 Å². The monoisotopic (exact) mass is 441 g/mol. The van der Waals surface area contributed by atoms with Crippen LogP contribution in [-0.2, 0) is 13.6 Å². The summed E-state index contributed by atoms with van der Waals surface area (Å²) >= 11 is 0. The van der Waals surface area contributed by atoms with Gasteiger partial charge < -0.3 is 11.1 Å². The van der Waals surface area contributed by atoms with Gasteiger partial charge in [-0.15, -0.1) is 12.4 Å². The Kier molecular flexibility index (Phi) is 7.59. The number of nitrogens with zero attached hydrogens (tertiary/aromatic N) is 5. The molecule has 164 valence electrons. The van der Waals surface area contributed by atoms with Gasteiger partial charge in [-0.1, -0.05) is 30.3 Å². The Labute approximate surface area is 188 Å². The van der Waals surface area contributed by atoms with E-state index in [2.05, 4.69) is 20.4 Å². The molecule has 1 aliphatic carbocycles. The predicted octanol–water partition coefficient (Wildman–Crippen LogP) is 3.29. The van der Waals surface area contributed by atoms with E-state index in [-0.39, 0.29) is 30.5 Å². The molecular formula is C22H28ClN7O. The average Bonchev–Trinajstić information content (AvgIpc) is 3.21. The van der Waals surface area contributed by atoms with Crippen LogP contribution in [0.4, 0.5) is 10.7 Å². The first-order valence-corrected chi connectivity index (χ1v) is 10.3. The number of hydrogen-bond donors (Lipinski definition) is 2. The Morgan fingerprint density at radius 3 is 2.39 bits per heavy atom. The minimum absolute atomic E-state index is 0. The lowest BCUT2D eigenvalue weighted by Crippen LogP contribution is -2.49. The van der Waals surface area contributed by atoms with E-state index in [9.17, 15) is 4.79 Å². The smallest absolute Gasteiger partial charge is 0.324 e. The number of anilines is 1. The summed E-state index contributed by atoms with van der Waals surface area (Å²) in [4.78, 5) is 23.9. The van der Waals surface area contributed by atoms with Crippen LogP contribution in [0.15, 0.2) is 55.1 Å². The largest absolute Gasteiger partial charge is 0.334 e. The number of carbonyl (C=O) groups is 1.